The van der Waals surface area contributed by atoms with Gasteiger partial charge in [0.15, 0.2) is 0 Å². The van der Waals surface area contributed by atoms with Crippen LogP contribution in [0, 0.1) is 6.92 Å². The summed E-state index contributed by atoms with van der Waals surface area (Å²) in [6.45, 7) is 1.92. The highest BCUT2D eigenvalue weighted by atomic mass is 79.9. The van der Waals surface area contributed by atoms with Crippen LogP contribution < -0.4 is 10.7 Å². The van der Waals surface area contributed by atoms with E-state index in [4.69, 9.17) is 0 Å². The van der Waals surface area contributed by atoms with Crippen molar-refractivity contribution in [3.05, 3.63) is 21.0 Å². The topological polar surface area (TPSA) is 82.1 Å². The lowest BCUT2D eigenvalue weighted by Gasteiger charge is -2.02. The summed E-state index contributed by atoms with van der Waals surface area (Å²) in [6.07, 6.45) is 1.99. The molecule has 3 aromatic rings. The molecule has 0 aliphatic rings. The Morgan fingerprint density at radius 1 is 1.38 bits per heavy atom. The second kappa shape index (κ2) is 5.55. The predicted octanol–water partition coefficient (Wildman–Crippen LogP) is 1.40. The molecule has 0 unspecified atom stereocenters. The highest BCUT2D eigenvalue weighted by Gasteiger charge is 2.22. The van der Waals surface area contributed by atoms with Gasteiger partial charge in [-0.25, -0.2) is 19.3 Å². The van der Waals surface area contributed by atoms with Gasteiger partial charge in [0.1, 0.15) is 5.82 Å². The second-order valence-corrected chi connectivity index (χ2v) is 5.66. The summed E-state index contributed by atoms with van der Waals surface area (Å²) in [4.78, 5) is 23.0. The monoisotopic (exact) mass is 357 g/mol. The van der Waals surface area contributed by atoms with Crippen LogP contribution in [0.25, 0.3) is 16.8 Å². The number of fused-ring (bicyclic) bond motifs is 3. The maximum absolute atomic E-state index is 12.5. The lowest BCUT2D eigenvalue weighted by molar-refractivity contribution is -0.364. The highest BCUT2D eigenvalue weighted by molar-refractivity contribution is 9.10. The van der Waals surface area contributed by atoms with Crippen molar-refractivity contribution >= 4 is 32.7 Å². The van der Waals surface area contributed by atoms with Crippen LogP contribution in [-0.2, 0) is 6.54 Å². The van der Waals surface area contributed by atoms with Crippen LogP contribution >= 0.6 is 15.9 Å². The number of nitrogens with zero attached hydrogens (tertiary/aromatic N) is 4. The van der Waals surface area contributed by atoms with Crippen molar-refractivity contribution in [2.24, 2.45) is 0 Å². The summed E-state index contributed by atoms with van der Waals surface area (Å²) in [5.74, 6) is 0.536. The molecular formula is C12H15BrFN6O+. The maximum atomic E-state index is 12.5. The van der Waals surface area contributed by atoms with Gasteiger partial charge in [0, 0.05) is 15.9 Å². The number of aromatic nitrogens is 6. The standard InChI is InChI=1S/C12H14BrFN6O/c1-7-15-10-8-9(17-11(13)16-8)19(6-4-2-3-5-14)12(21)20(10)18-7/h2-6H2,1H3,(H,16,17)/p+1. The van der Waals surface area contributed by atoms with Gasteiger partial charge in [0.2, 0.25) is 11.2 Å². The van der Waals surface area contributed by atoms with Crippen LogP contribution in [0.5, 0.6) is 0 Å². The molecule has 0 saturated carbocycles. The van der Waals surface area contributed by atoms with Gasteiger partial charge in [-0.2, -0.15) is 0 Å². The summed E-state index contributed by atoms with van der Waals surface area (Å²) >= 11 is 3.34. The molecule has 0 aromatic carbocycles. The Morgan fingerprint density at radius 3 is 2.95 bits per heavy atom. The van der Waals surface area contributed by atoms with E-state index in [9.17, 15) is 9.18 Å². The average Bonchev–Trinajstić information content (AvgIpc) is 3.01. The summed E-state index contributed by atoms with van der Waals surface area (Å²) in [6, 6.07) is 0. The molecule has 0 fully saturated rings. The number of imidazole rings is 1. The molecule has 0 spiro atoms. The number of unbranched alkanes of at least 4 members (excludes halogenated alkanes) is 2. The Kier molecular flexibility index (Phi) is 3.75. The predicted molar refractivity (Wildman–Crippen MR) is 77.9 cm³/mol. The quantitative estimate of drug-likeness (QED) is 0.553. The molecule has 7 nitrogen and oxygen atoms in total. The van der Waals surface area contributed by atoms with Crippen LogP contribution in [0.15, 0.2) is 9.53 Å². The first-order valence-corrected chi connectivity index (χ1v) is 7.53. The van der Waals surface area contributed by atoms with E-state index in [1.165, 1.54) is 4.52 Å². The Morgan fingerprint density at radius 2 is 2.19 bits per heavy atom. The third-order valence-corrected chi connectivity index (χ3v) is 3.73. The maximum Gasteiger partial charge on any atom is 0.409 e. The molecule has 3 rings (SSSR count). The van der Waals surface area contributed by atoms with Gasteiger partial charge >= 0.3 is 5.69 Å². The molecule has 3 aromatic heterocycles. The summed E-state index contributed by atoms with van der Waals surface area (Å²) in [7, 11) is 0. The van der Waals surface area contributed by atoms with Crippen molar-refractivity contribution in [1.29, 1.82) is 0 Å². The minimum absolute atomic E-state index is 0.249. The Hall–Kier alpha value is -1.77. The van der Waals surface area contributed by atoms with E-state index in [2.05, 4.69) is 36.0 Å². The van der Waals surface area contributed by atoms with Crippen molar-refractivity contribution in [3.63, 3.8) is 0 Å². The summed E-state index contributed by atoms with van der Waals surface area (Å²) in [5, 5.41) is 4.14. The SMILES string of the molecule is Cc1nc2c3[nH]c(Br)[nH+]c3n(CCCCCF)c(=O)n2n1. The molecule has 0 radical (unpaired) electrons. The molecule has 0 atom stereocenters. The fourth-order valence-corrected chi connectivity index (χ4v) is 2.79. The lowest BCUT2D eigenvalue weighted by atomic mass is 10.2. The summed E-state index contributed by atoms with van der Waals surface area (Å²) in [5.41, 5.74) is 1.62. The number of H-pyrrole nitrogens is 2. The smallest absolute Gasteiger partial charge is 0.258 e. The average molecular weight is 358 g/mol. The molecule has 0 saturated heterocycles. The number of nitrogens with one attached hydrogen (secondary N) is 2. The third kappa shape index (κ3) is 2.45. The number of aryl methyl sites for hydroxylation is 2. The van der Waals surface area contributed by atoms with Crippen LogP contribution in [-0.4, -0.2) is 30.8 Å². The van der Waals surface area contributed by atoms with Crippen LogP contribution in [0.3, 0.4) is 0 Å². The molecule has 9 heteroatoms. The van der Waals surface area contributed by atoms with Gasteiger partial charge < -0.3 is 0 Å². The van der Waals surface area contributed by atoms with Crippen molar-refractivity contribution in [1.82, 2.24) is 24.1 Å². The van der Waals surface area contributed by atoms with Gasteiger partial charge in [-0.1, -0.05) is 0 Å². The van der Waals surface area contributed by atoms with E-state index < -0.39 is 0 Å². The van der Waals surface area contributed by atoms with Gasteiger partial charge in [-0.05, 0) is 26.2 Å². The fourth-order valence-electron chi connectivity index (χ4n) is 2.40. The van der Waals surface area contributed by atoms with Crippen LogP contribution in [0.2, 0.25) is 0 Å². The van der Waals surface area contributed by atoms with E-state index in [0.29, 0.717) is 40.3 Å². The van der Waals surface area contributed by atoms with Crippen molar-refractivity contribution in [2.75, 3.05) is 6.67 Å². The van der Waals surface area contributed by atoms with Crippen molar-refractivity contribution in [3.8, 4) is 0 Å². The normalized spacial score (nSPS) is 11.8. The second-order valence-electron chi connectivity index (χ2n) is 4.87. The highest BCUT2D eigenvalue weighted by Crippen LogP contribution is 2.14. The van der Waals surface area contributed by atoms with E-state index in [-0.39, 0.29) is 12.4 Å². The van der Waals surface area contributed by atoms with Crippen LogP contribution in [0.1, 0.15) is 25.1 Å². The fraction of sp³-hybridized carbons (Fsp3) is 0.500. The zero-order valence-electron chi connectivity index (χ0n) is 11.5. The largest absolute Gasteiger partial charge is 0.409 e. The lowest BCUT2D eigenvalue weighted by Crippen LogP contribution is -2.30. The molecule has 0 aliphatic heterocycles. The molecule has 3 heterocycles. The third-order valence-electron chi connectivity index (χ3n) is 3.33. The van der Waals surface area contributed by atoms with E-state index in [1.807, 2.05) is 0 Å². The van der Waals surface area contributed by atoms with Crippen molar-refractivity contribution in [2.45, 2.75) is 32.7 Å². The van der Waals surface area contributed by atoms with Gasteiger partial charge in [-0.3, -0.25) is 9.37 Å². The number of halogens is 2. The zero-order valence-corrected chi connectivity index (χ0v) is 13.1. The molecule has 0 aliphatic carbocycles. The first-order chi connectivity index (χ1) is 10.1. The minimum Gasteiger partial charge on any atom is -0.258 e. The Labute approximate surface area is 127 Å². The number of alkyl halides is 1. The van der Waals surface area contributed by atoms with Gasteiger partial charge in [0.05, 0.1) is 13.2 Å². The van der Waals surface area contributed by atoms with E-state index >= 15 is 0 Å². The first kappa shape index (κ1) is 14.2. The first-order valence-electron chi connectivity index (χ1n) is 6.74. The molecule has 0 amide bonds. The number of hydrogen-bond acceptors (Lipinski definition) is 3. The number of aromatic amines is 2. The number of hydrogen-bond donors (Lipinski definition) is 1. The molecule has 2 N–H and O–H groups in total. The van der Waals surface area contributed by atoms with Crippen molar-refractivity contribution < 1.29 is 9.37 Å². The molecule has 112 valence electrons. The molecule has 21 heavy (non-hydrogen) atoms. The zero-order chi connectivity index (χ0) is 15.0. The minimum atomic E-state index is -0.326. The van der Waals surface area contributed by atoms with E-state index in [1.54, 1.807) is 11.5 Å². The van der Waals surface area contributed by atoms with Gasteiger partial charge in [0.25, 0.3) is 10.4 Å². The molecular weight excluding hydrogens is 343 g/mol. The Balaban J connectivity index is 2.15. The Bertz CT molecular complexity index is 851. The molecule has 0 bridgehead atoms. The van der Waals surface area contributed by atoms with E-state index in [0.717, 1.165) is 12.8 Å². The van der Waals surface area contributed by atoms with Crippen LogP contribution in [0.4, 0.5) is 4.39 Å². The number of rotatable bonds is 5. The van der Waals surface area contributed by atoms with Gasteiger partial charge in [-0.15, -0.1) is 9.61 Å². The summed E-state index contributed by atoms with van der Waals surface area (Å²) < 4.78 is 15.7.